The molecule has 70 valence electrons. The minimum Gasteiger partial charge on any atom is -0.255 e. The maximum atomic E-state index is 5.96. The fraction of sp³-hybridized carbons (Fsp3) is 0. The first-order valence-corrected chi connectivity index (χ1v) is 4.62. The molecule has 14 heavy (non-hydrogen) atoms. The molecule has 2 aromatic rings. The van der Waals surface area contributed by atoms with Gasteiger partial charge < -0.3 is 0 Å². The van der Waals surface area contributed by atoms with Gasteiger partial charge in [-0.1, -0.05) is 23.2 Å². The van der Waals surface area contributed by atoms with Gasteiger partial charge in [0.15, 0.2) is 5.15 Å². The monoisotopic (exact) mass is 225 g/mol. The van der Waals surface area contributed by atoms with Crippen molar-refractivity contribution in [3.63, 3.8) is 0 Å². The minimum absolute atomic E-state index is 0.323. The number of rotatable bonds is 1. The lowest BCUT2D eigenvalue weighted by atomic mass is 10.2. The Morgan fingerprint density at radius 3 is 2.79 bits per heavy atom. The second-order valence-corrected chi connectivity index (χ2v) is 3.40. The van der Waals surface area contributed by atoms with Gasteiger partial charge in [0.25, 0.3) is 0 Å². The Kier molecular flexibility index (Phi) is 2.61. The van der Waals surface area contributed by atoms with Crippen LogP contribution in [-0.4, -0.2) is 15.2 Å². The van der Waals surface area contributed by atoms with Gasteiger partial charge in [-0.2, -0.15) is 5.10 Å². The van der Waals surface area contributed by atoms with E-state index in [0.29, 0.717) is 15.9 Å². The Hall–Kier alpha value is -1.19. The summed E-state index contributed by atoms with van der Waals surface area (Å²) in [7, 11) is 0. The molecular formula is C9H5Cl2N3. The fourth-order valence-corrected chi connectivity index (χ4v) is 1.46. The van der Waals surface area contributed by atoms with E-state index in [1.165, 1.54) is 0 Å². The molecule has 0 aliphatic carbocycles. The van der Waals surface area contributed by atoms with Gasteiger partial charge >= 0.3 is 0 Å². The summed E-state index contributed by atoms with van der Waals surface area (Å²) in [6, 6.07) is 5.20. The molecule has 0 unspecified atom stereocenters. The van der Waals surface area contributed by atoms with Crippen LogP contribution in [0.15, 0.2) is 30.6 Å². The third kappa shape index (κ3) is 1.84. The third-order valence-electron chi connectivity index (χ3n) is 1.66. The molecule has 0 spiro atoms. The highest BCUT2D eigenvalue weighted by atomic mass is 35.5. The average Bonchev–Trinajstić information content (AvgIpc) is 2.18. The normalized spacial score (nSPS) is 10.1. The van der Waals surface area contributed by atoms with Crippen LogP contribution in [0.4, 0.5) is 0 Å². The molecule has 0 atom stereocenters. The molecule has 5 heteroatoms. The van der Waals surface area contributed by atoms with Crippen molar-refractivity contribution in [2.75, 3.05) is 0 Å². The molecule has 2 rings (SSSR count). The fourth-order valence-electron chi connectivity index (χ4n) is 1.07. The largest absolute Gasteiger partial charge is 0.255 e. The van der Waals surface area contributed by atoms with E-state index in [4.69, 9.17) is 23.2 Å². The molecule has 0 radical (unpaired) electrons. The second-order valence-electron chi connectivity index (χ2n) is 2.60. The van der Waals surface area contributed by atoms with Gasteiger partial charge in [0.05, 0.1) is 16.9 Å². The standard InChI is InChI=1S/C9H5Cl2N3/c10-7-2-1-3-12-9(7)6-4-8(11)14-13-5-6/h1-5H. The van der Waals surface area contributed by atoms with Crippen LogP contribution in [-0.2, 0) is 0 Å². The first kappa shape index (κ1) is 9.37. The van der Waals surface area contributed by atoms with E-state index >= 15 is 0 Å². The zero-order valence-electron chi connectivity index (χ0n) is 6.98. The van der Waals surface area contributed by atoms with E-state index in [0.717, 1.165) is 5.56 Å². The van der Waals surface area contributed by atoms with Crippen molar-refractivity contribution in [2.24, 2.45) is 0 Å². The van der Waals surface area contributed by atoms with Gasteiger partial charge in [-0.25, -0.2) is 0 Å². The van der Waals surface area contributed by atoms with Crippen molar-refractivity contribution in [2.45, 2.75) is 0 Å². The average molecular weight is 226 g/mol. The molecule has 0 saturated carbocycles. The molecular weight excluding hydrogens is 221 g/mol. The molecule has 0 aliphatic rings. The van der Waals surface area contributed by atoms with Crippen LogP contribution in [0.25, 0.3) is 11.3 Å². The van der Waals surface area contributed by atoms with Crippen LogP contribution in [0.5, 0.6) is 0 Å². The Bertz CT molecular complexity index is 459. The topological polar surface area (TPSA) is 38.7 Å². The number of hydrogen-bond acceptors (Lipinski definition) is 3. The van der Waals surface area contributed by atoms with E-state index in [9.17, 15) is 0 Å². The SMILES string of the molecule is Clc1cc(-c2ncccc2Cl)cnn1. The summed E-state index contributed by atoms with van der Waals surface area (Å²) < 4.78 is 0. The maximum absolute atomic E-state index is 5.96. The lowest BCUT2D eigenvalue weighted by Crippen LogP contribution is -1.87. The predicted octanol–water partition coefficient (Wildman–Crippen LogP) is 2.85. The van der Waals surface area contributed by atoms with Crippen molar-refractivity contribution in [1.29, 1.82) is 0 Å². The highest BCUT2D eigenvalue weighted by Gasteiger charge is 2.05. The third-order valence-corrected chi connectivity index (χ3v) is 2.15. The van der Waals surface area contributed by atoms with Crippen LogP contribution in [0, 0.1) is 0 Å². The van der Waals surface area contributed by atoms with E-state index < -0.39 is 0 Å². The predicted molar refractivity (Wildman–Crippen MR) is 55.3 cm³/mol. The molecule has 0 N–H and O–H groups in total. The van der Waals surface area contributed by atoms with Crippen molar-refractivity contribution in [3.05, 3.63) is 40.8 Å². The molecule has 2 heterocycles. The lowest BCUT2D eigenvalue weighted by Gasteiger charge is -2.01. The minimum atomic E-state index is 0.323. The highest BCUT2D eigenvalue weighted by molar-refractivity contribution is 6.33. The second kappa shape index (κ2) is 3.90. The molecule has 0 aromatic carbocycles. The van der Waals surface area contributed by atoms with Crippen molar-refractivity contribution >= 4 is 23.2 Å². The van der Waals surface area contributed by atoms with Gasteiger partial charge in [-0.05, 0) is 18.2 Å². The first-order valence-electron chi connectivity index (χ1n) is 3.86. The quantitative estimate of drug-likeness (QED) is 0.750. The van der Waals surface area contributed by atoms with E-state index in [-0.39, 0.29) is 0 Å². The summed E-state index contributed by atoms with van der Waals surface area (Å²) in [5.74, 6) is 0. The first-order chi connectivity index (χ1) is 6.77. The van der Waals surface area contributed by atoms with Gasteiger partial charge in [0.1, 0.15) is 0 Å². The van der Waals surface area contributed by atoms with Crippen LogP contribution in [0.3, 0.4) is 0 Å². The summed E-state index contributed by atoms with van der Waals surface area (Å²) in [6.07, 6.45) is 3.23. The summed E-state index contributed by atoms with van der Waals surface area (Å²) in [5, 5.41) is 8.25. The lowest BCUT2D eigenvalue weighted by molar-refractivity contribution is 1.03. The van der Waals surface area contributed by atoms with Gasteiger partial charge in [0, 0.05) is 11.8 Å². The summed E-state index contributed by atoms with van der Waals surface area (Å²) in [4.78, 5) is 4.13. The maximum Gasteiger partial charge on any atom is 0.152 e. The van der Waals surface area contributed by atoms with Gasteiger partial charge in [0.2, 0.25) is 0 Å². The molecule has 2 aromatic heterocycles. The van der Waals surface area contributed by atoms with Crippen LogP contribution in [0.2, 0.25) is 10.2 Å². The number of nitrogens with zero attached hydrogens (tertiary/aromatic N) is 3. The van der Waals surface area contributed by atoms with Crippen LogP contribution in [0.1, 0.15) is 0 Å². The number of halogens is 2. The van der Waals surface area contributed by atoms with Crippen LogP contribution < -0.4 is 0 Å². The molecule has 0 saturated heterocycles. The van der Waals surface area contributed by atoms with Crippen LogP contribution >= 0.6 is 23.2 Å². The van der Waals surface area contributed by atoms with Gasteiger partial charge in [-0.15, -0.1) is 5.10 Å². The number of aromatic nitrogens is 3. The van der Waals surface area contributed by atoms with E-state index in [2.05, 4.69) is 15.2 Å². The molecule has 3 nitrogen and oxygen atoms in total. The number of hydrogen-bond donors (Lipinski definition) is 0. The molecule has 0 bridgehead atoms. The van der Waals surface area contributed by atoms with E-state index in [1.807, 2.05) is 0 Å². The zero-order chi connectivity index (χ0) is 9.97. The highest BCUT2D eigenvalue weighted by Crippen LogP contribution is 2.25. The van der Waals surface area contributed by atoms with Crippen molar-refractivity contribution < 1.29 is 0 Å². The Labute approximate surface area is 90.7 Å². The number of pyridine rings is 1. The van der Waals surface area contributed by atoms with Crippen molar-refractivity contribution in [3.8, 4) is 11.3 Å². The summed E-state index contributed by atoms with van der Waals surface area (Å²) in [6.45, 7) is 0. The molecule has 0 aliphatic heterocycles. The van der Waals surface area contributed by atoms with Crippen molar-refractivity contribution in [1.82, 2.24) is 15.2 Å². The summed E-state index contributed by atoms with van der Waals surface area (Å²) in [5.41, 5.74) is 1.42. The van der Waals surface area contributed by atoms with Gasteiger partial charge in [-0.3, -0.25) is 4.98 Å². The Balaban J connectivity index is 2.55. The van der Waals surface area contributed by atoms with E-state index in [1.54, 1.807) is 30.6 Å². The smallest absolute Gasteiger partial charge is 0.152 e. The molecule has 0 fully saturated rings. The summed E-state index contributed by atoms with van der Waals surface area (Å²) >= 11 is 11.7. The Morgan fingerprint density at radius 2 is 2.07 bits per heavy atom. The molecule has 0 amide bonds. The zero-order valence-corrected chi connectivity index (χ0v) is 8.50. The Morgan fingerprint density at radius 1 is 1.21 bits per heavy atom.